The Morgan fingerprint density at radius 2 is 2.07 bits per heavy atom. The fourth-order valence-corrected chi connectivity index (χ4v) is 1.63. The van der Waals surface area contributed by atoms with Crippen molar-refractivity contribution in [2.24, 2.45) is 0 Å². The van der Waals surface area contributed by atoms with Gasteiger partial charge in [-0.15, -0.1) is 0 Å². The van der Waals surface area contributed by atoms with Gasteiger partial charge < -0.3 is 4.57 Å². The van der Waals surface area contributed by atoms with Crippen LogP contribution < -0.4 is 0 Å². The van der Waals surface area contributed by atoms with Crippen molar-refractivity contribution in [1.29, 1.82) is 0 Å². The van der Waals surface area contributed by atoms with Gasteiger partial charge in [0.2, 0.25) is 0 Å². The molecule has 74 valence electrons. The lowest BCUT2D eigenvalue weighted by Gasteiger charge is -2.03. The minimum absolute atomic E-state index is 0.810. The molecule has 0 spiro atoms. The normalized spacial score (nSPS) is 11.0. The van der Waals surface area contributed by atoms with Gasteiger partial charge in [-0.3, -0.25) is 0 Å². The van der Waals surface area contributed by atoms with Crippen molar-refractivity contribution in [3.8, 4) is 0 Å². The Morgan fingerprint density at radius 3 is 2.79 bits per heavy atom. The fraction of sp³-hybridized carbons (Fsp3) is 0.500. The predicted molar refractivity (Wildman–Crippen MR) is 55.0 cm³/mol. The van der Waals surface area contributed by atoms with Gasteiger partial charge in [0.1, 0.15) is 11.8 Å². The molecule has 0 fully saturated rings. The van der Waals surface area contributed by atoms with E-state index in [0.29, 0.717) is 0 Å². The second-order valence-electron chi connectivity index (χ2n) is 3.27. The van der Waals surface area contributed by atoms with E-state index in [9.17, 15) is 0 Å². The number of imidazole rings is 1. The highest BCUT2D eigenvalue weighted by atomic mass is 15.1. The third kappa shape index (κ3) is 1.36. The first-order chi connectivity index (χ1) is 6.86. The molecule has 2 heterocycles. The highest BCUT2D eigenvalue weighted by molar-refractivity contribution is 5.73. The Morgan fingerprint density at radius 1 is 1.21 bits per heavy atom. The van der Waals surface area contributed by atoms with Gasteiger partial charge in [-0.05, 0) is 13.3 Å². The Balaban J connectivity index is 2.62. The maximum atomic E-state index is 4.31. The molecule has 0 saturated carbocycles. The van der Waals surface area contributed by atoms with Crippen LogP contribution in [0.5, 0.6) is 0 Å². The standard InChI is InChI=1S/C10H14N4/c1-3-5-8-9-10(12-6-11-8)13-7-14(9)4-2/h6-7H,3-5H2,1-2H3. The van der Waals surface area contributed by atoms with Crippen LogP contribution in [-0.4, -0.2) is 19.5 Å². The molecule has 0 radical (unpaired) electrons. The number of hydrogen-bond donors (Lipinski definition) is 0. The zero-order valence-electron chi connectivity index (χ0n) is 8.56. The number of nitrogens with zero attached hydrogens (tertiary/aromatic N) is 4. The molecule has 4 nitrogen and oxygen atoms in total. The molecule has 14 heavy (non-hydrogen) atoms. The number of aryl methyl sites for hydroxylation is 2. The van der Waals surface area contributed by atoms with E-state index in [2.05, 4.69) is 33.4 Å². The van der Waals surface area contributed by atoms with E-state index in [1.54, 1.807) is 6.33 Å². The van der Waals surface area contributed by atoms with Crippen LogP contribution >= 0.6 is 0 Å². The van der Waals surface area contributed by atoms with Crippen LogP contribution in [0.1, 0.15) is 26.0 Å². The molecule has 0 saturated heterocycles. The van der Waals surface area contributed by atoms with Crippen LogP contribution in [0.3, 0.4) is 0 Å². The number of rotatable bonds is 3. The maximum absolute atomic E-state index is 4.31. The van der Waals surface area contributed by atoms with Gasteiger partial charge in [-0.25, -0.2) is 15.0 Å². The fourth-order valence-electron chi connectivity index (χ4n) is 1.63. The molecular formula is C10H14N4. The minimum atomic E-state index is 0.810. The lowest BCUT2D eigenvalue weighted by Crippen LogP contribution is -1.98. The lowest BCUT2D eigenvalue weighted by molar-refractivity contribution is 0.773. The van der Waals surface area contributed by atoms with Gasteiger partial charge in [0.15, 0.2) is 5.65 Å². The Hall–Kier alpha value is -1.45. The van der Waals surface area contributed by atoms with Crippen LogP contribution in [0.25, 0.3) is 11.2 Å². The molecule has 0 atom stereocenters. The molecule has 0 aliphatic rings. The van der Waals surface area contributed by atoms with Gasteiger partial charge in [-0.2, -0.15) is 0 Å². The summed E-state index contributed by atoms with van der Waals surface area (Å²) in [5.41, 5.74) is 3.01. The van der Waals surface area contributed by atoms with Crippen LogP contribution in [0.4, 0.5) is 0 Å². The highest BCUT2D eigenvalue weighted by Gasteiger charge is 2.08. The second kappa shape index (κ2) is 3.74. The Labute approximate surface area is 83.0 Å². The molecular weight excluding hydrogens is 176 g/mol. The van der Waals surface area contributed by atoms with Crippen LogP contribution in [-0.2, 0) is 13.0 Å². The third-order valence-electron chi connectivity index (χ3n) is 2.31. The van der Waals surface area contributed by atoms with Crippen molar-refractivity contribution in [1.82, 2.24) is 19.5 Å². The second-order valence-corrected chi connectivity index (χ2v) is 3.27. The molecule has 0 bridgehead atoms. The summed E-state index contributed by atoms with van der Waals surface area (Å²) in [6, 6.07) is 0. The van der Waals surface area contributed by atoms with Crippen molar-refractivity contribution in [2.75, 3.05) is 0 Å². The summed E-state index contributed by atoms with van der Waals surface area (Å²) in [7, 11) is 0. The molecule has 2 aromatic rings. The number of fused-ring (bicyclic) bond motifs is 1. The summed E-state index contributed by atoms with van der Waals surface area (Å²) in [5.74, 6) is 0. The largest absolute Gasteiger partial charge is 0.328 e. The van der Waals surface area contributed by atoms with Crippen LogP contribution in [0.15, 0.2) is 12.7 Å². The molecule has 0 amide bonds. The van der Waals surface area contributed by atoms with E-state index in [0.717, 1.165) is 36.2 Å². The third-order valence-corrected chi connectivity index (χ3v) is 2.31. The van der Waals surface area contributed by atoms with Crippen LogP contribution in [0.2, 0.25) is 0 Å². The van der Waals surface area contributed by atoms with Gasteiger partial charge in [0.05, 0.1) is 12.0 Å². The van der Waals surface area contributed by atoms with Gasteiger partial charge in [0.25, 0.3) is 0 Å². The molecule has 4 heteroatoms. The summed E-state index contributed by atoms with van der Waals surface area (Å²) in [4.78, 5) is 12.7. The molecule has 0 aromatic carbocycles. The summed E-state index contributed by atoms with van der Waals surface area (Å²) < 4.78 is 2.10. The van der Waals surface area contributed by atoms with Crippen molar-refractivity contribution < 1.29 is 0 Å². The summed E-state index contributed by atoms with van der Waals surface area (Å²) in [6.45, 7) is 5.17. The number of hydrogen-bond acceptors (Lipinski definition) is 3. The quantitative estimate of drug-likeness (QED) is 0.741. The van der Waals surface area contributed by atoms with Crippen LogP contribution in [0, 0.1) is 0 Å². The molecule has 0 aliphatic heterocycles. The molecule has 0 N–H and O–H groups in total. The molecule has 2 rings (SSSR count). The number of aromatic nitrogens is 4. The predicted octanol–water partition coefficient (Wildman–Crippen LogP) is 1.80. The summed E-state index contributed by atoms with van der Waals surface area (Å²) >= 11 is 0. The Bertz CT molecular complexity index is 433. The average molecular weight is 190 g/mol. The average Bonchev–Trinajstić information content (AvgIpc) is 2.62. The van der Waals surface area contributed by atoms with Gasteiger partial charge >= 0.3 is 0 Å². The van der Waals surface area contributed by atoms with Gasteiger partial charge in [0, 0.05) is 6.54 Å². The topological polar surface area (TPSA) is 43.6 Å². The smallest absolute Gasteiger partial charge is 0.181 e. The van der Waals surface area contributed by atoms with Crippen molar-refractivity contribution in [2.45, 2.75) is 33.2 Å². The van der Waals surface area contributed by atoms with E-state index in [-0.39, 0.29) is 0 Å². The van der Waals surface area contributed by atoms with Crippen molar-refractivity contribution >= 4 is 11.2 Å². The SMILES string of the molecule is CCCc1ncnc2ncn(CC)c12. The maximum Gasteiger partial charge on any atom is 0.181 e. The minimum Gasteiger partial charge on any atom is -0.328 e. The molecule has 2 aromatic heterocycles. The summed E-state index contributed by atoms with van der Waals surface area (Å²) in [6.07, 6.45) is 5.52. The van der Waals surface area contributed by atoms with E-state index in [4.69, 9.17) is 0 Å². The van der Waals surface area contributed by atoms with Crippen molar-refractivity contribution in [3.05, 3.63) is 18.3 Å². The Kier molecular flexibility index (Phi) is 2.43. The first-order valence-electron chi connectivity index (χ1n) is 5.01. The highest BCUT2D eigenvalue weighted by Crippen LogP contribution is 2.14. The lowest BCUT2D eigenvalue weighted by atomic mass is 10.2. The first-order valence-corrected chi connectivity index (χ1v) is 5.01. The monoisotopic (exact) mass is 190 g/mol. The van der Waals surface area contributed by atoms with Crippen molar-refractivity contribution in [3.63, 3.8) is 0 Å². The molecule has 0 aliphatic carbocycles. The van der Waals surface area contributed by atoms with E-state index >= 15 is 0 Å². The van der Waals surface area contributed by atoms with Gasteiger partial charge in [-0.1, -0.05) is 13.3 Å². The summed E-state index contributed by atoms with van der Waals surface area (Å²) in [5, 5.41) is 0. The zero-order chi connectivity index (χ0) is 9.97. The first kappa shape index (κ1) is 9.12. The van der Waals surface area contributed by atoms with E-state index < -0.39 is 0 Å². The van der Waals surface area contributed by atoms with E-state index in [1.165, 1.54) is 0 Å². The zero-order valence-corrected chi connectivity index (χ0v) is 8.56. The molecule has 0 unspecified atom stereocenters. The van der Waals surface area contributed by atoms with E-state index in [1.807, 2.05) is 6.33 Å².